The van der Waals surface area contributed by atoms with Gasteiger partial charge in [0.2, 0.25) is 0 Å². The molecule has 0 atom stereocenters. The van der Waals surface area contributed by atoms with Gasteiger partial charge in [0.25, 0.3) is 0 Å². The molecular formula is C8H17N3. The molecule has 0 spiro atoms. The van der Waals surface area contributed by atoms with Gasteiger partial charge in [0.15, 0.2) is 0 Å². The van der Waals surface area contributed by atoms with Gasteiger partial charge < -0.3 is 16.7 Å². The SMILES string of the molecule is C#N.CCN(CC)CC.[C-]#N.[H+]. The Balaban J connectivity index is -0.0000000560. The summed E-state index contributed by atoms with van der Waals surface area (Å²) in [5.74, 6) is 0. The summed E-state index contributed by atoms with van der Waals surface area (Å²) in [4.78, 5) is 2.38. The number of nitriles is 1. The highest BCUT2D eigenvalue weighted by Gasteiger charge is 1.89. The lowest BCUT2D eigenvalue weighted by molar-refractivity contribution is 0.321. The smallest absolute Gasteiger partial charge is 0.512 e. The van der Waals surface area contributed by atoms with E-state index in [-0.39, 0.29) is 1.43 Å². The molecule has 0 rings (SSSR count). The van der Waals surface area contributed by atoms with Crippen LogP contribution in [0.4, 0.5) is 0 Å². The molecule has 0 aliphatic heterocycles. The van der Waals surface area contributed by atoms with Crippen molar-refractivity contribution in [2.45, 2.75) is 20.8 Å². The van der Waals surface area contributed by atoms with Crippen LogP contribution in [0.15, 0.2) is 0 Å². The molecule has 0 saturated heterocycles. The monoisotopic (exact) mass is 155 g/mol. The summed E-state index contributed by atoms with van der Waals surface area (Å²) < 4.78 is 0. The summed E-state index contributed by atoms with van der Waals surface area (Å²) in [5, 5.41) is 12.8. The lowest BCUT2D eigenvalue weighted by atomic mass is 10.5. The normalized spacial score (nSPS) is 6.91. The molecule has 0 radical (unpaired) electrons. The first kappa shape index (κ1) is 16.5. The molecule has 0 heterocycles. The van der Waals surface area contributed by atoms with Crippen LogP contribution in [0.5, 0.6) is 0 Å². The third-order valence-electron chi connectivity index (χ3n) is 1.34. The summed E-state index contributed by atoms with van der Waals surface area (Å²) in [7, 11) is 0. The molecule has 0 amide bonds. The van der Waals surface area contributed by atoms with Crippen molar-refractivity contribution in [3.63, 3.8) is 0 Å². The summed E-state index contributed by atoms with van der Waals surface area (Å²) >= 11 is 0. The van der Waals surface area contributed by atoms with Gasteiger partial charge in [-0.1, -0.05) is 20.8 Å². The van der Waals surface area contributed by atoms with E-state index in [9.17, 15) is 0 Å². The van der Waals surface area contributed by atoms with E-state index in [1.54, 1.807) is 0 Å². The molecular weight excluding hydrogens is 138 g/mol. The van der Waals surface area contributed by atoms with Gasteiger partial charge in [-0.2, -0.15) is 0 Å². The molecule has 0 aliphatic carbocycles. The molecule has 0 aromatic carbocycles. The van der Waals surface area contributed by atoms with E-state index in [0.717, 1.165) is 0 Å². The van der Waals surface area contributed by atoms with Crippen molar-refractivity contribution in [2.24, 2.45) is 0 Å². The molecule has 0 N–H and O–H groups in total. The number of nitrogens with zero attached hydrogens (tertiary/aromatic N) is 3. The maximum Gasteiger partial charge on any atom is 1.00 e. The number of hydrogen-bond donors (Lipinski definition) is 0. The standard InChI is InChI=1S/C6H15N.CHN.CN/c1-4-7(5-2)6-3;2*1-2/h4-6H2,1-3H3;1H;/q;;-1/p+1. The molecule has 0 aromatic rings. The molecule has 64 valence electrons. The maximum atomic E-state index is 6.50. The molecule has 11 heavy (non-hydrogen) atoms. The fourth-order valence-electron chi connectivity index (χ4n) is 0.671. The number of hydrogen-bond acceptors (Lipinski definition) is 3. The molecule has 0 unspecified atom stereocenters. The largest absolute Gasteiger partial charge is 1.00 e. The maximum absolute atomic E-state index is 6.50. The fraction of sp³-hybridized carbons (Fsp3) is 0.750. The van der Waals surface area contributed by atoms with Gasteiger partial charge in [-0.3, -0.25) is 0 Å². The highest BCUT2D eigenvalue weighted by atomic mass is 15.1. The van der Waals surface area contributed by atoms with E-state index in [1.165, 1.54) is 19.6 Å². The van der Waals surface area contributed by atoms with Gasteiger partial charge >= 0.3 is 1.43 Å². The highest BCUT2D eigenvalue weighted by molar-refractivity contribution is 4.43. The van der Waals surface area contributed by atoms with E-state index >= 15 is 0 Å². The zero-order valence-electron chi connectivity index (χ0n) is 8.54. The average molecular weight is 155 g/mol. The predicted molar refractivity (Wildman–Crippen MR) is 46.2 cm³/mol. The fourth-order valence-corrected chi connectivity index (χ4v) is 0.671. The Kier molecular flexibility index (Phi) is 34.6. The second-order valence-corrected chi connectivity index (χ2v) is 1.62. The Morgan fingerprint density at radius 1 is 1.09 bits per heavy atom. The topological polar surface area (TPSA) is 50.8 Å². The third-order valence-corrected chi connectivity index (χ3v) is 1.34. The molecule has 0 aromatic heterocycles. The predicted octanol–water partition coefficient (Wildman–Crippen LogP) is 1.70. The van der Waals surface area contributed by atoms with E-state index in [0.29, 0.717) is 0 Å². The Labute approximate surface area is 71.3 Å². The first-order valence-electron chi connectivity index (χ1n) is 3.55. The third kappa shape index (κ3) is 17.6. The van der Waals surface area contributed by atoms with Gasteiger partial charge in [-0.05, 0) is 19.6 Å². The van der Waals surface area contributed by atoms with Crippen LogP contribution in [0.2, 0.25) is 0 Å². The highest BCUT2D eigenvalue weighted by Crippen LogP contribution is 1.81. The van der Waals surface area contributed by atoms with Gasteiger partial charge in [-0.25, -0.2) is 5.26 Å². The second-order valence-electron chi connectivity index (χ2n) is 1.62. The minimum absolute atomic E-state index is 0. The summed E-state index contributed by atoms with van der Waals surface area (Å²) in [5.41, 5.74) is 0. The van der Waals surface area contributed by atoms with E-state index < -0.39 is 0 Å². The Morgan fingerprint density at radius 3 is 1.27 bits per heavy atom. The van der Waals surface area contributed by atoms with Crippen molar-refractivity contribution in [3.8, 4) is 6.57 Å². The first-order chi connectivity index (χ1) is 5.35. The van der Waals surface area contributed by atoms with Crippen LogP contribution < -0.4 is 0 Å². The summed E-state index contributed by atoms with van der Waals surface area (Å²) in [6.07, 6.45) is 0. The van der Waals surface area contributed by atoms with E-state index in [2.05, 4.69) is 32.2 Å². The van der Waals surface area contributed by atoms with Crippen LogP contribution in [0.1, 0.15) is 22.2 Å². The van der Waals surface area contributed by atoms with Crippen molar-refractivity contribution in [3.05, 3.63) is 6.57 Å². The van der Waals surface area contributed by atoms with Crippen molar-refractivity contribution in [1.29, 1.82) is 10.5 Å². The van der Waals surface area contributed by atoms with Crippen molar-refractivity contribution in [1.82, 2.24) is 4.90 Å². The zero-order valence-corrected chi connectivity index (χ0v) is 7.54. The minimum atomic E-state index is 0. The Morgan fingerprint density at radius 2 is 1.27 bits per heavy atom. The Bertz CT molecular complexity index is 75.3. The molecule has 3 heteroatoms. The van der Waals surface area contributed by atoms with E-state index in [1.807, 2.05) is 0 Å². The summed E-state index contributed by atoms with van der Waals surface area (Å²) in [6, 6.07) is 0. The van der Waals surface area contributed by atoms with Crippen molar-refractivity contribution >= 4 is 0 Å². The van der Waals surface area contributed by atoms with Crippen molar-refractivity contribution in [2.75, 3.05) is 19.6 Å². The second kappa shape index (κ2) is 23.1. The minimum Gasteiger partial charge on any atom is -0.512 e. The van der Waals surface area contributed by atoms with Crippen LogP contribution in [-0.2, 0) is 0 Å². The zero-order chi connectivity index (χ0) is 9.70. The molecule has 0 aliphatic rings. The van der Waals surface area contributed by atoms with Gasteiger partial charge in [0.05, 0.1) is 0 Å². The molecule has 0 fully saturated rings. The van der Waals surface area contributed by atoms with Crippen LogP contribution in [-0.4, -0.2) is 24.5 Å². The van der Waals surface area contributed by atoms with Crippen LogP contribution in [0.3, 0.4) is 0 Å². The summed E-state index contributed by atoms with van der Waals surface area (Å²) in [6.45, 7) is 18.4. The van der Waals surface area contributed by atoms with Gasteiger partial charge in [0.1, 0.15) is 0 Å². The number of rotatable bonds is 3. The van der Waals surface area contributed by atoms with Crippen LogP contribution >= 0.6 is 0 Å². The average Bonchev–Trinajstić information content (AvgIpc) is 2.14. The van der Waals surface area contributed by atoms with Crippen LogP contribution in [0, 0.1) is 23.7 Å². The first-order valence-corrected chi connectivity index (χ1v) is 3.55. The molecule has 3 nitrogen and oxygen atoms in total. The lowest BCUT2D eigenvalue weighted by Gasteiger charge is -2.13. The van der Waals surface area contributed by atoms with Crippen LogP contribution in [0.25, 0.3) is 0 Å². The van der Waals surface area contributed by atoms with Gasteiger partial charge in [-0.15, -0.1) is 0 Å². The van der Waals surface area contributed by atoms with Gasteiger partial charge in [0, 0.05) is 6.57 Å². The lowest BCUT2D eigenvalue weighted by Crippen LogP contribution is -2.21. The molecule has 0 saturated carbocycles. The Hall–Kier alpha value is -1.06. The van der Waals surface area contributed by atoms with E-state index in [4.69, 9.17) is 17.1 Å². The molecule has 0 bridgehead atoms. The quantitative estimate of drug-likeness (QED) is 0.583. The van der Waals surface area contributed by atoms with Crippen molar-refractivity contribution < 1.29 is 1.43 Å².